The first kappa shape index (κ1) is 9.00. The van der Waals surface area contributed by atoms with Crippen LogP contribution < -0.4 is 5.73 Å². The monoisotopic (exact) mass is 187 g/mol. The molecule has 4 heteroatoms. The largest absolute Gasteiger partial charge is 0.365 e. The molecule has 0 saturated carbocycles. The van der Waals surface area contributed by atoms with E-state index >= 15 is 0 Å². The quantitative estimate of drug-likeness (QED) is 0.717. The van der Waals surface area contributed by atoms with Crippen LogP contribution in [0.15, 0.2) is 12.1 Å². The summed E-state index contributed by atoms with van der Waals surface area (Å²) in [5, 5.41) is 0.0469. The Labute approximate surface area is 74.1 Å². The molecule has 0 atom stereocenters. The van der Waals surface area contributed by atoms with E-state index in [0.717, 1.165) is 0 Å². The lowest BCUT2D eigenvalue weighted by Gasteiger charge is -2.03. The van der Waals surface area contributed by atoms with Crippen LogP contribution in [0.25, 0.3) is 0 Å². The van der Waals surface area contributed by atoms with Crippen LogP contribution in [0.1, 0.15) is 15.9 Å². The van der Waals surface area contributed by atoms with Gasteiger partial charge in [-0.05, 0) is 18.6 Å². The molecule has 1 aromatic carbocycles. The second-order valence-electron chi connectivity index (χ2n) is 2.42. The van der Waals surface area contributed by atoms with Gasteiger partial charge in [-0.25, -0.2) is 4.39 Å². The molecule has 0 unspecified atom stereocenters. The first-order valence-electron chi connectivity index (χ1n) is 3.28. The Balaban J connectivity index is 3.43. The molecule has 0 heterocycles. The van der Waals surface area contributed by atoms with Crippen molar-refractivity contribution in [3.05, 3.63) is 34.1 Å². The Morgan fingerprint density at radius 3 is 2.58 bits per heavy atom. The maximum absolute atomic E-state index is 13.1. The van der Waals surface area contributed by atoms with Gasteiger partial charge in [0.25, 0.3) is 5.91 Å². The lowest BCUT2D eigenvalue weighted by atomic mass is 10.1. The van der Waals surface area contributed by atoms with Gasteiger partial charge < -0.3 is 5.73 Å². The molecule has 0 aliphatic heterocycles. The van der Waals surface area contributed by atoms with Gasteiger partial charge in [0.1, 0.15) is 5.82 Å². The van der Waals surface area contributed by atoms with Gasteiger partial charge in [0, 0.05) is 0 Å². The van der Waals surface area contributed by atoms with Crippen LogP contribution >= 0.6 is 11.6 Å². The minimum Gasteiger partial charge on any atom is -0.365 e. The van der Waals surface area contributed by atoms with Crippen LogP contribution in [0.3, 0.4) is 0 Å². The number of aryl methyl sites for hydroxylation is 1. The van der Waals surface area contributed by atoms with Crippen LogP contribution in [0.4, 0.5) is 4.39 Å². The molecule has 64 valence electrons. The third-order valence-electron chi connectivity index (χ3n) is 1.53. The number of benzene rings is 1. The minimum atomic E-state index is -0.846. The minimum absolute atomic E-state index is 0.0469. The van der Waals surface area contributed by atoms with Gasteiger partial charge in [0.15, 0.2) is 0 Å². The highest BCUT2D eigenvalue weighted by atomic mass is 35.5. The Morgan fingerprint density at radius 2 is 2.17 bits per heavy atom. The van der Waals surface area contributed by atoms with Crippen molar-refractivity contribution < 1.29 is 9.18 Å². The third-order valence-corrected chi connectivity index (χ3v) is 1.85. The van der Waals surface area contributed by atoms with Gasteiger partial charge in [-0.15, -0.1) is 0 Å². The van der Waals surface area contributed by atoms with E-state index in [1.54, 1.807) is 0 Å². The maximum Gasteiger partial charge on any atom is 0.253 e. The lowest BCUT2D eigenvalue weighted by Crippen LogP contribution is -2.14. The highest BCUT2D eigenvalue weighted by molar-refractivity contribution is 6.33. The average molecular weight is 188 g/mol. The number of halogens is 2. The Bertz CT molecular complexity index is 338. The van der Waals surface area contributed by atoms with Crippen molar-refractivity contribution in [1.29, 1.82) is 0 Å². The summed E-state index contributed by atoms with van der Waals surface area (Å²) in [5.41, 5.74) is 5.04. The highest BCUT2D eigenvalue weighted by Gasteiger charge is 2.14. The van der Waals surface area contributed by atoms with Gasteiger partial charge >= 0.3 is 0 Å². The predicted molar refractivity (Wildman–Crippen MR) is 44.7 cm³/mol. The number of carbonyl (C=O) groups excluding carboxylic acids is 1. The Morgan fingerprint density at radius 1 is 1.58 bits per heavy atom. The fourth-order valence-corrected chi connectivity index (χ4v) is 1.12. The first-order valence-corrected chi connectivity index (χ1v) is 3.66. The zero-order valence-electron chi connectivity index (χ0n) is 6.40. The molecule has 1 amide bonds. The van der Waals surface area contributed by atoms with Gasteiger partial charge in [-0.1, -0.05) is 17.7 Å². The number of hydrogen-bond acceptors (Lipinski definition) is 1. The molecule has 0 radical (unpaired) electrons. The molecule has 0 fully saturated rings. The van der Waals surface area contributed by atoms with Crippen molar-refractivity contribution in [2.75, 3.05) is 0 Å². The van der Waals surface area contributed by atoms with E-state index in [4.69, 9.17) is 17.3 Å². The van der Waals surface area contributed by atoms with Crippen molar-refractivity contribution in [3.8, 4) is 0 Å². The van der Waals surface area contributed by atoms with Crippen LogP contribution in [0.2, 0.25) is 5.02 Å². The summed E-state index contributed by atoms with van der Waals surface area (Å²) < 4.78 is 13.1. The number of nitrogens with two attached hydrogens (primary N) is 1. The van der Waals surface area contributed by atoms with Crippen molar-refractivity contribution in [3.63, 3.8) is 0 Å². The number of primary amides is 1. The molecule has 0 spiro atoms. The fourth-order valence-electron chi connectivity index (χ4n) is 0.883. The molecule has 12 heavy (non-hydrogen) atoms. The SMILES string of the molecule is Cc1ccc(Cl)c(C(N)=O)c1F. The summed E-state index contributed by atoms with van der Waals surface area (Å²) in [4.78, 5) is 10.7. The number of hydrogen-bond donors (Lipinski definition) is 1. The second kappa shape index (κ2) is 3.11. The molecule has 2 N–H and O–H groups in total. The van der Waals surface area contributed by atoms with E-state index in [9.17, 15) is 9.18 Å². The molecule has 1 rings (SSSR count). The van der Waals surface area contributed by atoms with Crippen LogP contribution in [-0.2, 0) is 0 Å². The van der Waals surface area contributed by atoms with E-state index in [-0.39, 0.29) is 10.6 Å². The molecule has 0 aromatic heterocycles. The summed E-state index contributed by atoms with van der Waals surface area (Å²) in [6.45, 7) is 1.54. The van der Waals surface area contributed by atoms with E-state index in [1.807, 2.05) is 0 Å². The smallest absolute Gasteiger partial charge is 0.253 e. The summed E-state index contributed by atoms with van der Waals surface area (Å²) in [7, 11) is 0. The van der Waals surface area contributed by atoms with Crippen molar-refractivity contribution in [2.45, 2.75) is 6.92 Å². The summed E-state index contributed by atoms with van der Waals surface area (Å²) in [6, 6.07) is 2.93. The second-order valence-corrected chi connectivity index (χ2v) is 2.82. The van der Waals surface area contributed by atoms with E-state index in [2.05, 4.69) is 0 Å². The van der Waals surface area contributed by atoms with Crippen molar-refractivity contribution >= 4 is 17.5 Å². The first-order chi connectivity index (χ1) is 5.54. The zero-order chi connectivity index (χ0) is 9.30. The number of rotatable bonds is 1. The summed E-state index contributed by atoms with van der Waals surface area (Å²) in [5.74, 6) is -1.49. The van der Waals surface area contributed by atoms with Crippen LogP contribution in [0, 0.1) is 12.7 Å². The third kappa shape index (κ3) is 1.41. The van der Waals surface area contributed by atoms with Gasteiger partial charge in [0.2, 0.25) is 0 Å². The van der Waals surface area contributed by atoms with E-state index in [0.29, 0.717) is 5.56 Å². The lowest BCUT2D eigenvalue weighted by molar-refractivity contribution is 0.0996. The Kier molecular flexibility index (Phi) is 2.33. The zero-order valence-corrected chi connectivity index (χ0v) is 7.15. The molecule has 0 aliphatic carbocycles. The standard InChI is InChI=1S/C8H7ClFNO/c1-4-2-3-5(9)6(7(4)10)8(11)12/h2-3H,1H3,(H2,11,12). The van der Waals surface area contributed by atoms with Gasteiger partial charge in [-0.3, -0.25) is 4.79 Å². The molecular formula is C8H7ClFNO. The number of carbonyl (C=O) groups is 1. The maximum atomic E-state index is 13.1. The van der Waals surface area contributed by atoms with Crippen LogP contribution in [-0.4, -0.2) is 5.91 Å². The van der Waals surface area contributed by atoms with Crippen molar-refractivity contribution in [1.82, 2.24) is 0 Å². The molecule has 1 aromatic rings. The topological polar surface area (TPSA) is 43.1 Å². The molecule has 0 aliphatic rings. The van der Waals surface area contributed by atoms with E-state index in [1.165, 1.54) is 19.1 Å². The summed E-state index contributed by atoms with van der Waals surface area (Å²) >= 11 is 5.56. The highest BCUT2D eigenvalue weighted by Crippen LogP contribution is 2.20. The summed E-state index contributed by atoms with van der Waals surface area (Å²) in [6.07, 6.45) is 0. The number of amides is 1. The molecule has 0 bridgehead atoms. The normalized spacial score (nSPS) is 9.92. The molecule has 0 saturated heterocycles. The van der Waals surface area contributed by atoms with Gasteiger partial charge in [-0.2, -0.15) is 0 Å². The predicted octanol–water partition coefficient (Wildman–Crippen LogP) is 1.89. The van der Waals surface area contributed by atoms with Gasteiger partial charge in [0.05, 0.1) is 10.6 Å². The fraction of sp³-hybridized carbons (Fsp3) is 0.125. The van der Waals surface area contributed by atoms with Crippen LogP contribution in [0.5, 0.6) is 0 Å². The Hall–Kier alpha value is -1.09. The molecular weight excluding hydrogens is 181 g/mol. The molecule has 2 nitrogen and oxygen atoms in total. The van der Waals surface area contributed by atoms with Crippen molar-refractivity contribution in [2.24, 2.45) is 5.73 Å². The average Bonchev–Trinajstić information content (AvgIpc) is 1.97. The van der Waals surface area contributed by atoms with E-state index < -0.39 is 11.7 Å².